The molecule has 4 heteroatoms. The molecule has 0 aliphatic heterocycles. The maximum Gasteiger partial charge on any atom is 0.147 e. The van der Waals surface area contributed by atoms with Crippen LogP contribution in [0.25, 0.3) is 10.9 Å². The molecule has 2 rings (SSSR count). The largest absolute Gasteiger partial charge is 0.490 e. The monoisotopic (exact) mass is 338 g/mol. The first-order chi connectivity index (χ1) is 9.58. The minimum absolute atomic E-state index is 0.730. The van der Waals surface area contributed by atoms with Crippen LogP contribution in [0, 0.1) is 6.92 Å². The van der Waals surface area contributed by atoms with E-state index in [0.29, 0.717) is 0 Å². The molecule has 110 valence electrons. The molecule has 0 aliphatic carbocycles. The van der Waals surface area contributed by atoms with E-state index in [1.54, 1.807) is 0 Å². The van der Waals surface area contributed by atoms with Gasteiger partial charge in [-0.05, 0) is 38.2 Å². The fourth-order valence-electron chi connectivity index (χ4n) is 2.51. The van der Waals surface area contributed by atoms with E-state index in [1.807, 2.05) is 0 Å². The molecule has 0 radical (unpaired) electrons. The molecule has 2 aromatic rings. The Bertz CT molecular complexity index is 588. The van der Waals surface area contributed by atoms with Gasteiger partial charge in [0.2, 0.25) is 0 Å². The molecule has 0 fully saturated rings. The number of hydrogen-bond donors (Lipinski definition) is 0. The highest BCUT2D eigenvalue weighted by Crippen LogP contribution is 2.33. The standard InChI is InChI=1S/C16H23BrN2O/c1-5-19(6-2)9-10-20-16-12(3)18(4)15-8-7-13(17)11-14(15)16/h7-8,11H,5-6,9-10H2,1-4H3. The van der Waals surface area contributed by atoms with Gasteiger partial charge < -0.3 is 14.2 Å². The number of likely N-dealkylation sites (N-methyl/N-ethyl adjacent to an activating group) is 1. The summed E-state index contributed by atoms with van der Waals surface area (Å²) in [5, 5.41) is 1.18. The first-order valence-electron chi connectivity index (χ1n) is 7.18. The van der Waals surface area contributed by atoms with E-state index in [0.717, 1.165) is 36.5 Å². The molecule has 20 heavy (non-hydrogen) atoms. The van der Waals surface area contributed by atoms with Gasteiger partial charge in [-0.1, -0.05) is 29.8 Å². The van der Waals surface area contributed by atoms with Crippen molar-refractivity contribution in [1.82, 2.24) is 9.47 Å². The lowest BCUT2D eigenvalue weighted by Gasteiger charge is -2.18. The second-order valence-electron chi connectivity index (χ2n) is 5.01. The molecule has 0 saturated carbocycles. The van der Waals surface area contributed by atoms with E-state index >= 15 is 0 Å². The van der Waals surface area contributed by atoms with Crippen molar-refractivity contribution < 1.29 is 4.74 Å². The first-order valence-corrected chi connectivity index (χ1v) is 7.97. The molecule has 0 unspecified atom stereocenters. The van der Waals surface area contributed by atoms with Crippen LogP contribution < -0.4 is 4.74 Å². The van der Waals surface area contributed by atoms with Gasteiger partial charge in [-0.25, -0.2) is 0 Å². The summed E-state index contributed by atoms with van der Waals surface area (Å²) in [6, 6.07) is 6.33. The van der Waals surface area contributed by atoms with Crippen molar-refractivity contribution in [2.75, 3.05) is 26.2 Å². The van der Waals surface area contributed by atoms with Gasteiger partial charge in [0.05, 0.1) is 11.2 Å². The molecular formula is C16H23BrN2O. The van der Waals surface area contributed by atoms with Gasteiger partial charge in [-0.3, -0.25) is 0 Å². The summed E-state index contributed by atoms with van der Waals surface area (Å²) >= 11 is 3.54. The second-order valence-corrected chi connectivity index (χ2v) is 5.93. The highest BCUT2D eigenvalue weighted by Gasteiger charge is 2.13. The summed E-state index contributed by atoms with van der Waals surface area (Å²) in [7, 11) is 2.09. The van der Waals surface area contributed by atoms with Crippen LogP contribution in [0.2, 0.25) is 0 Å². The van der Waals surface area contributed by atoms with Crippen LogP contribution in [0.5, 0.6) is 5.75 Å². The van der Waals surface area contributed by atoms with Crippen molar-refractivity contribution in [3.05, 3.63) is 28.4 Å². The Morgan fingerprint density at radius 1 is 1.25 bits per heavy atom. The van der Waals surface area contributed by atoms with Crippen LogP contribution in [0.3, 0.4) is 0 Å². The summed E-state index contributed by atoms with van der Waals surface area (Å²) in [5.74, 6) is 1.01. The minimum Gasteiger partial charge on any atom is -0.490 e. The molecule has 0 bridgehead atoms. The summed E-state index contributed by atoms with van der Waals surface area (Å²) in [4.78, 5) is 2.37. The molecule has 0 amide bonds. The number of aryl methyl sites for hydroxylation is 1. The third kappa shape index (κ3) is 3.01. The lowest BCUT2D eigenvalue weighted by molar-refractivity contribution is 0.223. The number of ether oxygens (including phenoxy) is 1. The number of fused-ring (bicyclic) bond motifs is 1. The quantitative estimate of drug-likeness (QED) is 0.792. The van der Waals surface area contributed by atoms with E-state index in [-0.39, 0.29) is 0 Å². The van der Waals surface area contributed by atoms with Crippen molar-refractivity contribution in [3.63, 3.8) is 0 Å². The predicted octanol–water partition coefficient (Wildman–Crippen LogP) is 3.97. The molecule has 1 heterocycles. The van der Waals surface area contributed by atoms with Crippen molar-refractivity contribution in [2.45, 2.75) is 20.8 Å². The minimum atomic E-state index is 0.730. The van der Waals surface area contributed by atoms with E-state index in [1.165, 1.54) is 16.6 Å². The van der Waals surface area contributed by atoms with E-state index in [2.05, 4.69) is 71.4 Å². The second kappa shape index (κ2) is 6.64. The van der Waals surface area contributed by atoms with Crippen molar-refractivity contribution in [2.24, 2.45) is 7.05 Å². The molecule has 0 spiro atoms. The number of halogens is 1. The van der Waals surface area contributed by atoms with Gasteiger partial charge in [0.15, 0.2) is 0 Å². The highest BCUT2D eigenvalue weighted by molar-refractivity contribution is 9.10. The van der Waals surface area contributed by atoms with Gasteiger partial charge in [0, 0.05) is 23.5 Å². The van der Waals surface area contributed by atoms with E-state index in [4.69, 9.17) is 4.74 Å². The van der Waals surface area contributed by atoms with Crippen molar-refractivity contribution in [3.8, 4) is 5.75 Å². The maximum absolute atomic E-state index is 6.08. The van der Waals surface area contributed by atoms with Crippen LogP contribution in [0.15, 0.2) is 22.7 Å². The fourth-order valence-corrected chi connectivity index (χ4v) is 2.87. The molecule has 0 aliphatic rings. The van der Waals surface area contributed by atoms with E-state index in [9.17, 15) is 0 Å². The third-order valence-corrected chi connectivity index (χ3v) is 4.44. The predicted molar refractivity (Wildman–Crippen MR) is 88.6 cm³/mol. The number of rotatable bonds is 6. The summed E-state index contributed by atoms with van der Waals surface area (Å²) in [6.45, 7) is 10.3. The molecule has 0 atom stereocenters. The topological polar surface area (TPSA) is 17.4 Å². The lowest BCUT2D eigenvalue weighted by Crippen LogP contribution is -2.27. The maximum atomic E-state index is 6.08. The molecule has 0 N–H and O–H groups in total. The highest BCUT2D eigenvalue weighted by atomic mass is 79.9. The Morgan fingerprint density at radius 2 is 1.95 bits per heavy atom. The molecule has 0 saturated heterocycles. The summed E-state index contributed by atoms with van der Waals surface area (Å²) < 4.78 is 9.35. The summed E-state index contributed by atoms with van der Waals surface area (Å²) in [5.41, 5.74) is 2.39. The van der Waals surface area contributed by atoms with Crippen LogP contribution >= 0.6 is 15.9 Å². The average Bonchev–Trinajstić information content (AvgIpc) is 2.68. The Morgan fingerprint density at radius 3 is 2.60 bits per heavy atom. The molecular weight excluding hydrogens is 316 g/mol. The SMILES string of the molecule is CCN(CC)CCOc1c(C)n(C)c2ccc(Br)cc12. The average molecular weight is 339 g/mol. The number of aromatic nitrogens is 1. The van der Waals surface area contributed by atoms with Crippen molar-refractivity contribution >= 4 is 26.8 Å². The number of hydrogen-bond acceptors (Lipinski definition) is 2. The Hall–Kier alpha value is -1.000. The van der Waals surface area contributed by atoms with Gasteiger partial charge in [0.25, 0.3) is 0 Å². The van der Waals surface area contributed by atoms with Gasteiger partial charge in [-0.2, -0.15) is 0 Å². The normalized spacial score (nSPS) is 11.5. The fraction of sp³-hybridized carbons (Fsp3) is 0.500. The molecule has 1 aromatic carbocycles. The molecule has 3 nitrogen and oxygen atoms in total. The zero-order valence-electron chi connectivity index (χ0n) is 12.7. The van der Waals surface area contributed by atoms with Gasteiger partial charge >= 0.3 is 0 Å². The van der Waals surface area contributed by atoms with Gasteiger partial charge in [-0.15, -0.1) is 0 Å². The summed E-state index contributed by atoms with van der Waals surface area (Å²) in [6.07, 6.45) is 0. The van der Waals surface area contributed by atoms with Crippen LogP contribution in [0.1, 0.15) is 19.5 Å². The smallest absolute Gasteiger partial charge is 0.147 e. The first kappa shape index (κ1) is 15.4. The Balaban J connectivity index is 2.21. The third-order valence-electron chi connectivity index (χ3n) is 3.94. The van der Waals surface area contributed by atoms with Crippen molar-refractivity contribution in [1.29, 1.82) is 0 Å². The zero-order valence-corrected chi connectivity index (χ0v) is 14.3. The van der Waals surface area contributed by atoms with Gasteiger partial charge in [0.1, 0.15) is 12.4 Å². The van der Waals surface area contributed by atoms with Crippen LogP contribution in [0.4, 0.5) is 0 Å². The Labute approximate surface area is 129 Å². The van der Waals surface area contributed by atoms with E-state index < -0.39 is 0 Å². The van der Waals surface area contributed by atoms with Crippen LogP contribution in [-0.4, -0.2) is 35.7 Å². The molecule has 1 aromatic heterocycles. The number of nitrogens with zero attached hydrogens (tertiary/aromatic N) is 2. The van der Waals surface area contributed by atoms with Crippen LogP contribution in [-0.2, 0) is 7.05 Å². The zero-order chi connectivity index (χ0) is 14.7. The Kier molecular flexibility index (Phi) is 5.11. The number of benzene rings is 1. The lowest BCUT2D eigenvalue weighted by atomic mass is 10.2.